The van der Waals surface area contributed by atoms with E-state index in [1.165, 1.54) is 4.70 Å². The van der Waals surface area contributed by atoms with E-state index in [1.54, 1.807) is 18.3 Å². The number of hydrogen-bond acceptors (Lipinski definition) is 5. The zero-order chi connectivity index (χ0) is 21.4. The molecule has 3 fully saturated rings. The van der Waals surface area contributed by atoms with Gasteiger partial charge in [-0.25, -0.2) is 4.98 Å². The number of carbonyl (C=O) groups excluding carboxylic acids is 2. The lowest BCUT2D eigenvalue weighted by Gasteiger charge is -2.48. The van der Waals surface area contributed by atoms with Crippen molar-refractivity contribution in [2.45, 2.75) is 76.0 Å². The largest absolute Gasteiger partial charge is 0.375 e. The summed E-state index contributed by atoms with van der Waals surface area (Å²) in [6, 6.07) is 8.86. The smallest absolute Gasteiger partial charge is 0.222 e. The Morgan fingerprint density at radius 1 is 1.19 bits per heavy atom. The first-order valence-corrected chi connectivity index (χ1v) is 12.4. The van der Waals surface area contributed by atoms with Crippen molar-refractivity contribution in [3.05, 3.63) is 29.3 Å². The molecular weight excluding hydrogens is 410 g/mol. The van der Waals surface area contributed by atoms with Gasteiger partial charge in [0, 0.05) is 51.5 Å². The van der Waals surface area contributed by atoms with Gasteiger partial charge in [0.2, 0.25) is 11.8 Å². The maximum absolute atomic E-state index is 12.8. The fraction of sp³-hybridized carbons (Fsp3) is 0.625. The lowest BCUT2D eigenvalue weighted by molar-refractivity contribution is -0.155. The summed E-state index contributed by atoms with van der Waals surface area (Å²) in [6.45, 7) is 3.91. The van der Waals surface area contributed by atoms with E-state index in [0.29, 0.717) is 31.5 Å². The monoisotopic (exact) mass is 441 g/mol. The molecule has 0 radical (unpaired) electrons. The van der Waals surface area contributed by atoms with Gasteiger partial charge in [-0.2, -0.15) is 0 Å². The Labute approximate surface area is 187 Å². The van der Waals surface area contributed by atoms with Crippen LogP contribution >= 0.6 is 11.3 Å². The summed E-state index contributed by atoms with van der Waals surface area (Å²) in [4.78, 5) is 33.8. The molecule has 1 spiro atoms. The molecule has 1 unspecified atom stereocenters. The normalized spacial score (nSPS) is 23.3. The van der Waals surface area contributed by atoms with Crippen molar-refractivity contribution < 1.29 is 14.3 Å². The van der Waals surface area contributed by atoms with Crippen LogP contribution in [0.1, 0.15) is 56.9 Å². The molecule has 31 heavy (non-hydrogen) atoms. The molecule has 1 aromatic carbocycles. The Hall–Kier alpha value is -1.99. The van der Waals surface area contributed by atoms with Crippen molar-refractivity contribution >= 4 is 33.4 Å². The fourth-order valence-corrected chi connectivity index (χ4v) is 6.28. The summed E-state index contributed by atoms with van der Waals surface area (Å²) in [5.41, 5.74) is 0.847. The summed E-state index contributed by atoms with van der Waals surface area (Å²) in [7, 11) is 0. The molecule has 1 saturated carbocycles. The van der Waals surface area contributed by atoms with E-state index < -0.39 is 0 Å². The second-order valence-electron chi connectivity index (χ2n) is 9.29. The van der Waals surface area contributed by atoms with Crippen LogP contribution in [-0.2, 0) is 20.7 Å². The van der Waals surface area contributed by atoms with Gasteiger partial charge < -0.3 is 14.5 Å². The highest BCUT2D eigenvalue weighted by Crippen LogP contribution is 2.40. The number of amides is 2. The molecule has 1 aromatic heterocycles. The Morgan fingerprint density at radius 3 is 2.68 bits per heavy atom. The first-order valence-electron chi connectivity index (χ1n) is 11.6. The summed E-state index contributed by atoms with van der Waals surface area (Å²) in [5.74, 6) is 0.414. The molecule has 3 heterocycles. The van der Waals surface area contributed by atoms with Gasteiger partial charge in [0.15, 0.2) is 0 Å². The number of thiazole rings is 1. The number of likely N-dealkylation sites (tertiary alicyclic amines) is 1. The van der Waals surface area contributed by atoms with Gasteiger partial charge in [-0.15, -0.1) is 11.3 Å². The number of benzene rings is 1. The number of hydrogen-bond donors (Lipinski definition) is 0. The number of para-hydroxylation sites is 1. The molecule has 3 aliphatic rings. The second kappa shape index (κ2) is 8.51. The standard InChI is InChI=1S/C24H31N3O3S/c1-17(28)27(18-6-7-18)19-10-15-30-24(16-19)11-13-26(14-12-24)23(29)9-8-22-25-20-4-2-3-5-21(20)31-22/h2-5,18-19H,6-16H2,1H3. The van der Waals surface area contributed by atoms with Gasteiger partial charge in [0.25, 0.3) is 0 Å². The van der Waals surface area contributed by atoms with Gasteiger partial charge in [0.1, 0.15) is 0 Å². The van der Waals surface area contributed by atoms with Gasteiger partial charge >= 0.3 is 0 Å². The molecule has 2 aliphatic heterocycles. The lowest BCUT2D eigenvalue weighted by atomic mass is 9.81. The quantitative estimate of drug-likeness (QED) is 0.708. The fourth-order valence-electron chi connectivity index (χ4n) is 5.32. The van der Waals surface area contributed by atoms with Gasteiger partial charge in [-0.05, 0) is 50.7 Å². The summed E-state index contributed by atoms with van der Waals surface area (Å²) < 4.78 is 7.45. The minimum Gasteiger partial charge on any atom is -0.375 e. The number of aryl methyl sites for hydroxylation is 1. The predicted molar refractivity (Wildman–Crippen MR) is 121 cm³/mol. The van der Waals surface area contributed by atoms with Crippen molar-refractivity contribution in [2.24, 2.45) is 0 Å². The molecule has 7 heteroatoms. The highest BCUT2D eigenvalue weighted by molar-refractivity contribution is 7.18. The first kappa shape index (κ1) is 20.9. The zero-order valence-electron chi connectivity index (χ0n) is 18.2. The van der Waals surface area contributed by atoms with Gasteiger partial charge in [0.05, 0.1) is 20.8 Å². The molecule has 0 bridgehead atoms. The summed E-state index contributed by atoms with van der Waals surface area (Å²) >= 11 is 1.68. The number of fused-ring (bicyclic) bond motifs is 1. The van der Waals surface area contributed by atoms with E-state index >= 15 is 0 Å². The van der Waals surface area contributed by atoms with Crippen LogP contribution in [0, 0.1) is 0 Å². The highest BCUT2D eigenvalue weighted by Gasteiger charge is 2.45. The molecule has 5 rings (SSSR count). The van der Waals surface area contributed by atoms with Crippen LogP contribution in [0.5, 0.6) is 0 Å². The molecule has 2 aromatic rings. The number of rotatable bonds is 5. The Kier molecular flexibility index (Phi) is 5.73. The van der Waals surface area contributed by atoms with Crippen LogP contribution in [-0.4, -0.2) is 64.0 Å². The average molecular weight is 442 g/mol. The molecule has 166 valence electrons. The molecule has 2 amide bonds. The zero-order valence-corrected chi connectivity index (χ0v) is 19.0. The Balaban J connectivity index is 1.15. The lowest BCUT2D eigenvalue weighted by Crippen LogP contribution is -2.55. The highest BCUT2D eigenvalue weighted by atomic mass is 32.1. The van der Waals surface area contributed by atoms with E-state index in [1.807, 2.05) is 23.1 Å². The molecular formula is C24H31N3O3S. The maximum atomic E-state index is 12.8. The molecule has 1 aliphatic carbocycles. The number of piperidine rings is 1. The van der Waals surface area contributed by atoms with Crippen molar-refractivity contribution in [1.82, 2.24) is 14.8 Å². The minimum atomic E-state index is -0.171. The third-order valence-electron chi connectivity index (χ3n) is 7.08. The van der Waals surface area contributed by atoms with E-state index in [0.717, 1.165) is 62.1 Å². The first-order chi connectivity index (χ1) is 15.0. The van der Waals surface area contributed by atoms with Crippen molar-refractivity contribution in [3.8, 4) is 0 Å². The molecule has 1 atom stereocenters. The summed E-state index contributed by atoms with van der Waals surface area (Å²) in [6.07, 6.45) is 7.07. The molecule has 0 N–H and O–H groups in total. The van der Waals surface area contributed by atoms with Crippen LogP contribution in [0.15, 0.2) is 24.3 Å². The van der Waals surface area contributed by atoms with Gasteiger partial charge in [-0.1, -0.05) is 12.1 Å². The third kappa shape index (κ3) is 4.48. The number of nitrogens with zero attached hydrogens (tertiary/aromatic N) is 3. The van der Waals surface area contributed by atoms with E-state index in [-0.39, 0.29) is 17.4 Å². The topological polar surface area (TPSA) is 62.7 Å². The van der Waals surface area contributed by atoms with Crippen LogP contribution in [0.25, 0.3) is 10.2 Å². The number of carbonyl (C=O) groups is 2. The predicted octanol–water partition coefficient (Wildman–Crippen LogP) is 3.78. The van der Waals surface area contributed by atoms with Crippen LogP contribution < -0.4 is 0 Å². The van der Waals surface area contributed by atoms with Crippen LogP contribution in [0.4, 0.5) is 0 Å². The minimum absolute atomic E-state index is 0.171. The van der Waals surface area contributed by atoms with E-state index in [4.69, 9.17) is 4.74 Å². The van der Waals surface area contributed by atoms with Crippen molar-refractivity contribution in [3.63, 3.8) is 0 Å². The Bertz CT molecular complexity index is 929. The van der Waals surface area contributed by atoms with Gasteiger partial charge in [-0.3, -0.25) is 9.59 Å². The van der Waals surface area contributed by atoms with E-state index in [2.05, 4.69) is 16.0 Å². The average Bonchev–Trinajstić information content (AvgIpc) is 3.49. The number of ether oxygens (including phenoxy) is 1. The van der Waals surface area contributed by atoms with Crippen LogP contribution in [0.2, 0.25) is 0 Å². The van der Waals surface area contributed by atoms with E-state index in [9.17, 15) is 9.59 Å². The molecule has 2 saturated heterocycles. The maximum Gasteiger partial charge on any atom is 0.222 e. The third-order valence-corrected chi connectivity index (χ3v) is 8.18. The van der Waals surface area contributed by atoms with Crippen molar-refractivity contribution in [2.75, 3.05) is 19.7 Å². The van der Waals surface area contributed by atoms with Crippen molar-refractivity contribution in [1.29, 1.82) is 0 Å². The van der Waals surface area contributed by atoms with Crippen LogP contribution in [0.3, 0.4) is 0 Å². The SMILES string of the molecule is CC(=O)N(C1CC1)C1CCOC2(CCN(C(=O)CCc3nc4ccccc4s3)CC2)C1. The summed E-state index contributed by atoms with van der Waals surface area (Å²) in [5, 5.41) is 1.03. The second-order valence-corrected chi connectivity index (χ2v) is 10.4. The molecule has 6 nitrogen and oxygen atoms in total. The number of aromatic nitrogens is 1. The Morgan fingerprint density at radius 2 is 1.97 bits per heavy atom.